The van der Waals surface area contributed by atoms with E-state index < -0.39 is 17.5 Å². The molecule has 1 N–H and O–H groups in total. The largest absolute Gasteiger partial charge is 0.478 e. The molecule has 0 radical (unpaired) electrons. The molecule has 150 valence electrons. The molecule has 1 aromatic carbocycles. The summed E-state index contributed by atoms with van der Waals surface area (Å²) in [6, 6.07) is 9.33. The summed E-state index contributed by atoms with van der Waals surface area (Å²) in [5.41, 5.74) is 0.0604. The van der Waals surface area contributed by atoms with Crippen LogP contribution in [0.2, 0.25) is 0 Å². The molecule has 0 saturated heterocycles. The van der Waals surface area contributed by atoms with Gasteiger partial charge in [-0.05, 0) is 36.8 Å². The van der Waals surface area contributed by atoms with Crippen molar-refractivity contribution >= 4 is 11.9 Å². The Hall–Kier alpha value is -2.18. The Kier molecular flexibility index (Phi) is 9.75. The smallest absolute Gasteiger partial charge is 0.372 e. The third kappa shape index (κ3) is 8.37. The van der Waals surface area contributed by atoms with Crippen molar-refractivity contribution in [2.75, 3.05) is 0 Å². The molecule has 0 spiro atoms. The number of benzene rings is 1. The summed E-state index contributed by atoms with van der Waals surface area (Å²) < 4.78 is 0. The standard InChI is InChI=1S/C21H30O6/c1-5-7-11-16(6-2)14-17(15-19(22)23)20(24)25-27-26-21(3,4)18-12-9-8-10-13-18/h8-10,12-13,15-16H,5-7,11,14H2,1-4H3,(H,22,23). The molecule has 0 aromatic heterocycles. The van der Waals surface area contributed by atoms with Crippen molar-refractivity contribution < 1.29 is 29.5 Å². The average molecular weight is 378 g/mol. The van der Waals surface area contributed by atoms with Gasteiger partial charge in [0, 0.05) is 11.6 Å². The van der Waals surface area contributed by atoms with Crippen molar-refractivity contribution in [1.29, 1.82) is 0 Å². The Morgan fingerprint density at radius 3 is 2.41 bits per heavy atom. The van der Waals surface area contributed by atoms with Gasteiger partial charge in [-0.15, -0.1) is 0 Å². The lowest BCUT2D eigenvalue weighted by molar-refractivity contribution is -0.519. The second kappa shape index (κ2) is 11.5. The molecule has 0 aliphatic heterocycles. The molecule has 0 bridgehead atoms. The predicted octanol–water partition coefficient (Wildman–Crippen LogP) is 4.95. The van der Waals surface area contributed by atoms with E-state index in [1.807, 2.05) is 37.3 Å². The quantitative estimate of drug-likeness (QED) is 0.315. The molecule has 0 aliphatic rings. The van der Waals surface area contributed by atoms with Crippen LogP contribution in [0.5, 0.6) is 0 Å². The molecule has 1 aromatic rings. The third-order valence-electron chi connectivity index (χ3n) is 4.43. The first-order chi connectivity index (χ1) is 12.8. The Labute approximate surface area is 161 Å². The van der Waals surface area contributed by atoms with E-state index in [1.165, 1.54) is 0 Å². The van der Waals surface area contributed by atoms with Crippen LogP contribution in [-0.2, 0) is 30.0 Å². The van der Waals surface area contributed by atoms with Crippen LogP contribution < -0.4 is 0 Å². The van der Waals surface area contributed by atoms with Crippen molar-refractivity contribution in [3.05, 3.63) is 47.5 Å². The highest BCUT2D eigenvalue weighted by atomic mass is 17.5. The number of carbonyl (C=O) groups excluding carboxylic acids is 1. The second-order valence-corrected chi connectivity index (χ2v) is 7.03. The van der Waals surface area contributed by atoms with Crippen LogP contribution in [0.4, 0.5) is 0 Å². The summed E-state index contributed by atoms with van der Waals surface area (Å²) in [5, 5.41) is 13.7. The van der Waals surface area contributed by atoms with Crippen LogP contribution in [-0.4, -0.2) is 17.0 Å². The maximum Gasteiger partial charge on any atom is 0.372 e. The van der Waals surface area contributed by atoms with Gasteiger partial charge in [0.2, 0.25) is 0 Å². The number of hydrogen-bond donors (Lipinski definition) is 1. The highest BCUT2D eigenvalue weighted by Crippen LogP contribution is 2.26. The molecule has 0 amide bonds. The molecule has 6 nitrogen and oxygen atoms in total. The first kappa shape index (κ1) is 22.9. The molecular formula is C21H30O6. The normalized spacial score (nSPS) is 13.3. The predicted molar refractivity (Wildman–Crippen MR) is 101 cm³/mol. The van der Waals surface area contributed by atoms with Crippen molar-refractivity contribution in [3.63, 3.8) is 0 Å². The summed E-state index contributed by atoms with van der Waals surface area (Å²) >= 11 is 0. The zero-order valence-corrected chi connectivity index (χ0v) is 16.6. The van der Waals surface area contributed by atoms with Crippen molar-refractivity contribution in [1.82, 2.24) is 0 Å². The topological polar surface area (TPSA) is 82.1 Å². The van der Waals surface area contributed by atoms with Crippen LogP contribution in [0.1, 0.15) is 65.4 Å². The monoisotopic (exact) mass is 378 g/mol. The van der Waals surface area contributed by atoms with Gasteiger partial charge in [-0.1, -0.05) is 69.9 Å². The van der Waals surface area contributed by atoms with E-state index in [2.05, 4.69) is 6.92 Å². The first-order valence-electron chi connectivity index (χ1n) is 9.35. The van der Waals surface area contributed by atoms with Crippen LogP contribution in [0, 0.1) is 5.92 Å². The van der Waals surface area contributed by atoms with E-state index in [9.17, 15) is 9.59 Å². The number of carboxylic acids is 1. The van der Waals surface area contributed by atoms with Gasteiger partial charge in [-0.25, -0.2) is 9.59 Å². The van der Waals surface area contributed by atoms with Crippen LogP contribution in [0.3, 0.4) is 0 Å². The number of carbonyl (C=O) groups is 2. The molecule has 1 atom stereocenters. The molecule has 0 heterocycles. The fourth-order valence-corrected chi connectivity index (χ4v) is 2.68. The van der Waals surface area contributed by atoms with E-state index in [-0.39, 0.29) is 11.5 Å². The fraction of sp³-hybridized carbons (Fsp3) is 0.524. The maximum atomic E-state index is 12.3. The summed E-state index contributed by atoms with van der Waals surface area (Å²) in [6.07, 6.45) is 5.05. The zero-order chi connectivity index (χ0) is 20.3. The number of rotatable bonds is 12. The molecule has 0 saturated carbocycles. The van der Waals surface area contributed by atoms with Crippen LogP contribution >= 0.6 is 0 Å². The third-order valence-corrected chi connectivity index (χ3v) is 4.43. The minimum absolute atomic E-state index is 0.0616. The van der Waals surface area contributed by atoms with Gasteiger partial charge in [0.05, 0.1) is 0 Å². The molecule has 27 heavy (non-hydrogen) atoms. The highest BCUT2D eigenvalue weighted by molar-refractivity contribution is 5.95. The van der Waals surface area contributed by atoms with Crippen LogP contribution in [0.15, 0.2) is 42.0 Å². The van der Waals surface area contributed by atoms with Gasteiger partial charge >= 0.3 is 11.9 Å². The fourth-order valence-electron chi connectivity index (χ4n) is 2.68. The van der Waals surface area contributed by atoms with Gasteiger partial charge in [-0.2, -0.15) is 4.89 Å². The van der Waals surface area contributed by atoms with E-state index in [0.717, 1.165) is 37.3 Å². The van der Waals surface area contributed by atoms with Gasteiger partial charge < -0.3 is 5.11 Å². The van der Waals surface area contributed by atoms with Gasteiger partial charge in [0.25, 0.3) is 0 Å². The number of carboxylic acid groups (broad SMARTS) is 1. The molecule has 0 aliphatic carbocycles. The number of unbranched alkanes of at least 4 members (excludes halogenated alkanes) is 1. The van der Waals surface area contributed by atoms with E-state index in [1.54, 1.807) is 13.8 Å². The summed E-state index contributed by atoms with van der Waals surface area (Å²) in [5.74, 6) is -1.83. The van der Waals surface area contributed by atoms with Crippen molar-refractivity contribution in [3.8, 4) is 0 Å². The Morgan fingerprint density at radius 2 is 1.85 bits per heavy atom. The second-order valence-electron chi connectivity index (χ2n) is 7.03. The minimum Gasteiger partial charge on any atom is -0.478 e. The van der Waals surface area contributed by atoms with Gasteiger partial charge in [0.15, 0.2) is 0 Å². The summed E-state index contributed by atoms with van der Waals surface area (Å²) in [6.45, 7) is 7.64. The van der Waals surface area contributed by atoms with Crippen molar-refractivity contribution in [2.24, 2.45) is 5.92 Å². The van der Waals surface area contributed by atoms with Gasteiger partial charge in [-0.3, -0.25) is 4.89 Å². The zero-order valence-electron chi connectivity index (χ0n) is 16.6. The van der Waals surface area contributed by atoms with Gasteiger partial charge in [0.1, 0.15) is 5.60 Å². The molecular weight excluding hydrogens is 348 g/mol. The molecule has 6 heteroatoms. The number of aliphatic carboxylic acids is 1. The van der Waals surface area contributed by atoms with E-state index in [4.69, 9.17) is 19.9 Å². The number of hydrogen-bond acceptors (Lipinski definition) is 5. The highest BCUT2D eigenvalue weighted by Gasteiger charge is 2.25. The van der Waals surface area contributed by atoms with E-state index >= 15 is 0 Å². The molecule has 0 fully saturated rings. The Balaban J connectivity index is 2.67. The molecule has 1 rings (SSSR count). The Morgan fingerprint density at radius 1 is 1.19 bits per heavy atom. The summed E-state index contributed by atoms with van der Waals surface area (Å²) in [7, 11) is 0. The van der Waals surface area contributed by atoms with Crippen molar-refractivity contribution in [2.45, 2.75) is 65.4 Å². The van der Waals surface area contributed by atoms with E-state index in [0.29, 0.717) is 6.42 Å². The minimum atomic E-state index is -1.20. The Bertz CT molecular complexity index is 621. The lowest BCUT2D eigenvalue weighted by atomic mass is 9.91. The first-order valence-corrected chi connectivity index (χ1v) is 9.35. The average Bonchev–Trinajstić information content (AvgIpc) is 2.64. The summed E-state index contributed by atoms with van der Waals surface area (Å²) in [4.78, 5) is 33.3. The SMILES string of the molecule is CCCCC(CC)CC(=CC(=O)O)C(=O)OOOC(C)(C)c1ccccc1. The maximum absolute atomic E-state index is 12.3. The lowest BCUT2D eigenvalue weighted by Crippen LogP contribution is -2.23. The lowest BCUT2D eigenvalue weighted by Gasteiger charge is -2.22. The molecule has 1 unspecified atom stereocenters. The van der Waals surface area contributed by atoms with Crippen LogP contribution in [0.25, 0.3) is 0 Å².